The summed E-state index contributed by atoms with van der Waals surface area (Å²) < 4.78 is 8.27. The SMILES string of the molecule is COC(=O)Cn1ccn2nc(C(C)(C)C)cc12. The molecular weight excluding hydrogens is 218 g/mol. The zero-order valence-electron chi connectivity index (χ0n) is 10.6. The molecule has 0 radical (unpaired) electrons. The second-order valence-electron chi connectivity index (χ2n) is 5.08. The largest absolute Gasteiger partial charge is 0.468 e. The maximum atomic E-state index is 11.3. The van der Waals surface area contributed by atoms with E-state index < -0.39 is 0 Å². The molecule has 92 valence electrons. The van der Waals surface area contributed by atoms with Gasteiger partial charge in [0.2, 0.25) is 0 Å². The Morgan fingerprint density at radius 1 is 1.41 bits per heavy atom. The minimum absolute atomic E-state index is 0.00210. The van der Waals surface area contributed by atoms with Gasteiger partial charge in [0.15, 0.2) is 0 Å². The van der Waals surface area contributed by atoms with E-state index in [1.807, 2.05) is 23.0 Å². The molecule has 0 fully saturated rings. The zero-order valence-corrected chi connectivity index (χ0v) is 10.6. The van der Waals surface area contributed by atoms with Crippen LogP contribution >= 0.6 is 0 Å². The summed E-state index contributed by atoms with van der Waals surface area (Å²) >= 11 is 0. The Bertz CT molecular complexity index is 546. The van der Waals surface area contributed by atoms with Crippen LogP contribution in [-0.2, 0) is 21.5 Å². The predicted octanol–water partition coefficient (Wildman–Crippen LogP) is 1.61. The van der Waals surface area contributed by atoms with E-state index in [2.05, 4.69) is 30.6 Å². The maximum absolute atomic E-state index is 11.3. The highest BCUT2D eigenvalue weighted by Crippen LogP contribution is 2.22. The van der Waals surface area contributed by atoms with Crippen LogP contribution in [0, 0.1) is 0 Å². The Hall–Kier alpha value is -1.78. The molecule has 2 heterocycles. The minimum atomic E-state index is -0.262. The molecule has 17 heavy (non-hydrogen) atoms. The molecular formula is C12H17N3O2. The van der Waals surface area contributed by atoms with E-state index >= 15 is 0 Å². The second-order valence-corrected chi connectivity index (χ2v) is 5.08. The van der Waals surface area contributed by atoms with E-state index in [-0.39, 0.29) is 17.9 Å². The summed E-state index contributed by atoms with van der Waals surface area (Å²) in [6.07, 6.45) is 3.67. The van der Waals surface area contributed by atoms with Crippen molar-refractivity contribution < 1.29 is 9.53 Å². The van der Waals surface area contributed by atoms with Gasteiger partial charge in [-0.3, -0.25) is 4.79 Å². The fourth-order valence-electron chi connectivity index (χ4n) is 1.63. The average Bonchev–Trinajstić information content (AvgIpc) is 2.78. The van der Waals surface area contributed by atoms with E-state index in [0.717, 1.165) is 11.3 Å². The Balaban J connectivity index is 2.39. The van der Waals surface area contributed by atoms with Gasteiger partial charge in [0.1, 0.15) is 12.2 Å². The van der Waals surface area contributed by atoms with Gasteiger partial charge in [-0.25, -0.2) is 4.52 Å². The van der Waals surface area contributed by atoms with Gasteiger partial charge in [-0.1, -0.05) is 20.8 Å². The molecule has 5 nitrogen and oxygen atoms in total. The smallest absolute Gasteiger partial charge is 0.325 e. The van der Waals surface area contributed by atoms with E-state index in [1.54, 1.807) is 4.52 Å². The number of ether oxygens (including phenoxy) is 1. The number of carbonyl (C=O) groups is 1. The number of methoxy groups -OCH3 is 1. The van der Waals surface area contributed by atoms with Crippen molar-refractivity contribution in [1.29, 1.82) is 0 Å². The third-order valence-corrected chi connectivity index (χ3v) is 2.69. The second kappa shape index (κ2) is 3.91. The molecule has 0 aliphatic rings. The van der Waals surface area contributed by atoms with Crippen molar-refractivity contribution in [3.8, 4) is 0 Å². The fourth-order valence-corrected chi connectivity index (χ4v) is 1.63. The summed E-state index contributed by atoms with van der Waals surface area (Å²) in [5.74, 6) is -0.262. The van der Waals surface area contributed by atoms with Crippen LogP contribution < -0.4 is 0 Å². The fraction of sp³-hybridized carbons (Fsp3) is 0.500. The van der Waals surface area contributed by atoms with Gasteiger partial charge in [0.05, 0.1) is 12.8 Å². The first-order valence-electron chi connectivity index (χ1n) is 5.53. The third kappa shape index (κ3) is 2.18. The van der Waals surface area contributed by atoms with Gasteiger partial charge in [-0.05, 0) is 0 Å². The highest BCUT2D eigenvalue weighted by molar-refractivity contribution is 5.70. The Morgan fingerprint density at radius 3 is 2.71 bits per heavy atom. The average molecular weight is 235 g/mol. The standard InChI is InChI=1S/C12H17N3O2/c1-12(2,3)9-7-10-14(8-11(16)17-4)5-6-15(10)13-9/h5-7H,8H2,1-4H3. The lowest BCUT2D eigenvalue weighted by Crippen LogP contribution is -2.12. The first-order chi connectivity index (χ1) is 7.91. The van der Waals surface area contributed by atoms with Crippen molar-refractivity contribution in [1.82, 2.24) is 14.2 Å². The van der Waals surface area contributed by atoms with Crippen molar-refractivity contribution in [2.75, 3.05) is 7.11 Å². The molecule has 0 unspecified atom stereocenters. The van der Waals surface area contributed by atoms with Crippen molar-refractivity contribution in [2.24, 2.45) is 0 Å². The van der Waals surface area contributed by atoms with Crippen LogP contribution in [0.15, 0.2) is 18.5 Å². The van der Waals surface area contributed by atoms with Crippen LogP contribution in [0.1, 0.15) is 26.5 Å². The molecule has 0 atom stereocenters. The molecule has 0 spiro atoms. The van der Waals surface area contributed by atoms with Crippen molar-refractivity contribution in [3.05, 3.63) is 24.2 Å². The van der Waals surface area contributed by atoms with Gasteiger partial charge >= 0.3 is 5.97 Å². The lowest BCUT2D eigenvalue weighted by atomic mass is 9.93. The van der Waals surface area contributed by atoms with Gasteiger partial charge in [-0.15, -0.1) is 0 Å². The molecule has 5 heteroatoms. The number of nitrogens with zero attached hydrogens (tertiary/aromatic N) is 3. The first-order valence-corrected chi connectivity index (χ1v) is 5.53. The molecule has 0 N–H and O–H groups in total. The lowest BCUT2D eigenvalue weighted by molar-refractivity contribution is -0.141. The highest BCUT2D eigenvalue weighted by atomic mass is 16.5. The molecule has 0 aliphatic heterocycles. The van der Waals surface area contributed by atoms with Gasteiger partial charge in [0, 0.05) is 23.9 Å². The third-order valence-electron chi connectivity index (χ3n) is 2.69. The maximum Gasteiger partial charge on any atom is 0.325 e. The number of rotatable bonds is 2. The quantitative estimate of drug-likeness (QED) is 0.743. The topological polar surface area (TPSA) is 48.5 Å². The molecule has 0 aromatic carbocycles. The van der Waals surface area contributed by atoms with E-state index in [4.69, 9.17) is 0 Å². The molecule has 2 aromatic rings. The normalized spacial score (nSPS) is 12.0. The van der Waals surface area contributed by atoms with Gasteiger partial charge < -0.3 is 9.30 Å². The summed E-state index contributed by atoms with van der Waals surface area (Å²) in [4.78, 5) is 11.3. The zero-order chi connectivity index (χ0) is 12.6. The number of esters is 1. The van der Waals surface area contributed by atoms with Gasteiger partial charge in [0.25, 0.3) is 0 Å². The molecule has 0 saturated carbocycles. The number of hydrogen-bond acceptors (Lipinski definition) is 3. The summed E-state index contributed by atoms with van der Waals surface area (Å²) in [7, 11) is 1.39. The summed E-state index contributed by atoms with van der Waals surface area (Å²) in [5, 5.41) is 4.48. The van der Waals surface area contributed by atoms with Crippen LogP contribution in [0.25, 0.3) is 5.65 Å². The van der Waals surface area contributed by atoms with E-state index in [1.165, 1.54) is 7.11 Å². The highest BCUT2D eigenvalue weighted by Gasteiger charge is 2.19. The van der Waals surface area contributed by atoms with E-state index in [0.29, 0.717) is 0 Å². The summed E-state index contributed by atoms with van der Waals surface area (Å²) in [6, 6.07) is 2.00. The Morgan fingerprint density at radius 2 is 2.12 bits per heavy atom. The Labute approximate surface area is 100.0 Å². The van der Waals surface area contributed by atoms with Crippen LogP contribution in [0.2, 0.25) is 0 Å². The van der Waals surface area contributed by atoms with Crippen molar-refractivity contribution in [2.45, 2.75) is 32.7 Å². The minimum Gasteiger partial charge on any atom is -0.468 e. The Kier molecular flexibility index (Phi) is 2.69. The van der Waals surface area contributed by atoms with Crippen LogP contribution in [0.5, 0.6) is 0 Å². The molecule has 0 saturated heterocycles. The summed E-state index contributed by atoms with van der Waals surface area (Å²) in [6.45, 7) is 6.54. The molecule has 0 aliphatic carbocycles. The van der Waals surface area contributed by atoms with Gasteiger partial charge in [-0.2, -0.15) is 5.10 Å². The molecule has 2 aromatic heterocycles. The molecule has 2 rings (SSSR count). The molecule has 0 bridgehead atoms. The van der Waals surface area contributed by atoms with Crippen LogP contribution in [-0.4, -0.2) is 27.3 Å². The van der Waals surface area contributed by atoms with Crippen molar-refractivity contribution in [3.63, 3.8) is 0 Å². The first kappa shape index (κ1) is 11.7. The lowest BCUT2D eigenvalue weighted by Gasteiger charge is -2.13. The molecule has 0 amide bonds. The van der Waals surface area contributed by atoms with E-state index in [9.17, 15) is 4.79 Å². The van der Waals surface area contributed by atoms with Crippen molar-refractivity contribution >= 4 is 11.6 Å². The number of hydrogen-bond donors (Lipinski definition) is 0. The monoisotopic (exact) mass is 235 g/mol. The predicted molar refractivity (Wildman–Crippen MR) is 63.9 cm³/mol. The number of fused-ring (bicyclic) bond motifs is 1. The number of imidazole rings is 1. The number of aromatic nitrogens is 3. The summed E-state index contributed by atoms with van der Waals surface area (Å²) in [5.41, 5.74) is 1.91. The van der Waals surface area contributed by atoms with Crippen LogP contribution in [0.4, 0.5) is 0 Å². The van der Waals surface area contributed by atoms with Crippen LogP contribution in [0.3, 0.4) is 0 Å². The number of carbonyl (C=O) groups excluding carboxylic acids is 1.